The van der Waals surface area contributed by atoms with E-state index in [1.807, 2.05) is 11.8 Å². The highest BCUT2D eigenvalue weighted by Gasteiger charge is 2.15. The first-order valence-corrected chi connectivity index (χ1v) is 4.84. The van der Waals surface area contributed by atoms with E-state index in [0.29, 0.717) is 5.88 Å². The maximum absolute atomic E-state index is 5.59. The summed E-state index contributed by atoms with van der Waals surface area (Å²) in [6, 6.07) is 0. The molecule has 11 heavy (non-hydrogen) atoms. The van der Waals surface area contributed by atoms with Gasteiger partial charge in [-0.15, -0.1) is 0 Å². The lowest BCUT2D eigenvalue weighted by molar-refractivity contribution is 0.428. The zero-order valence-corrected chi connectivity index (χ0v) is 6.99. The molecule has 60 valence electrons. The van der Waals surface area contributed by atoms with E-state index in [0.717, 1.165) is 35.6 Å². The Morgan fingerprint density at radius 1 is 1.36 bits per heavy atom. The van der Waals surface area contributed by atoms with Gasteiger partial charge in [-0.05, 0) is 17.9 Å². The average molecular weight is 170 g/mol. The van der Waals surface area contributed by atoms with Gasteiger partial charge < -0.3 is 10.3 Å². The molecular weight excluding hydrogens is 160 g/mol. The third kappa shape index (κ3) is 1.22. The van der Waals surface area contributed by atoms with Crippen molar-refractivity contribution in [2.24, 2.45) is 0 Å². The Kier molecular flexibility index (Phi) is 1.77. The first kappa shape index (κ1) is 7.03. The van der Waals surface area contributed by atoms with Crippen molar-refractivity contribution in [1.82, 2.24) is 5.16 Å². The quantitative estimate of drug-likeness (QED) is 0.633. The Hall–Kier alpha value is -0.640. The summed E-state index contributed by atoms with van der Waals surface area (Å²) in [5, 5.41) is 3.90. The second-order valence-electron chi connectivity index (χ2n) is 2.58. The minimum atomic E-state index is 0.516. The van der Waals surface area contributed by atoms with Gasteiger partial charge in [-0.1, -0.05) is 5.16 Å². The van der Waals surface area contributed by atoms with Crippen LogP contribution in [-0.2, 0) is 12.8 Å². The van der Waals surface area contributed by atoms with E-state index in [-0.39, 0.29) is 0 Å². The second-order valence-corrected chi connectivity index (χ2v) is 3.81. The van der Waals surface area contributed by atoms with Crippen LogP contribution in [-0.4, -0.2) is 16.7 Å². The number of aryl methyl sites for hydroxylation is 1. The fourth-order valence-corrected chi connectivity index (χ4v) is 2.16. The molecule has 0 radical (unpaired) electrons. The summed E-state index contributed by atoms with van der Waals surface area (Å²) in [4.78, 5) is 0. The molecule has 0 atom stereocenters. The molecule has 1 aromatic rings. The molecule has 3 nitrogen and oxygen atoms in total. The highest BCUT2D eigenvalue weighted by molar-refractivity contribution is 7.99. The zero-order chi connectivity index (χ0) is 7.68. The molecule has 0 saturated heterocycles. The van der Waals surface area contributed by atoms with Crippen molar-refractivity contribution >= 4 is 17.6 Å². The van der Waals surface area contributed by atoms with Crippen molar-refractivity contribution in [3.63, 3.8) is 0 Å². The first-order valence-electron chi connectivity index (χ1n) is 3.68. The number of hydrogen-bond donors (Lipinski definition) is 1. The number of nitrogens with two attached hydrogens (primary N) is 1. The molecular formula is C7H10N2OS. The average Bonchev–Trinajstić information content (AvgIpc) is 2.25. The molecule has 0 spiro atoms. The molecule has 2 heterocycles. The van der Waals surface area contributed by atoms with Gasteiger partial charge in [0.2, 0.25) is 5.88 Å². The smallest absolute Gasteiger partial charge is 0.225 e. The van der Waals surface area contributed by atoms with Gasteiger partial charge in [-0.25, -0.2) is 0 Å². The third-order valence-electron chi connectivity index (χ3n) is 1.88. The van der Waals surface area contributed by atoms with E-state index in [4.69, 9.17) is 10.3 Å². The fraction of sp³-hybridized carbons (Fsp3) is 0.571. The molecule has 0 unspecified atom stereocenters. The van der Waals surface area contributed by atoms with Gasteiger partial charge >= 0.3 is 0 Å². The van der Waals surface area contributed by atoms with Gasteiger partial charge in [-0.2, -0.15) is 11.8 Å². The molecule has 2 N–H and O–H groups in total. The Balaban J connectivity index is 2.35. The van der Waals surface area contributed by atoms with Crippen molar-refractivity contribution in [3.8, 4) is 0 Å². The number of thioether (sulfide) groups is 1. The van der Waals surface area contributed by atoms with Gasteiger partial charge in [0.1, 0.15) is 0 Å². The molecule has 0 aromatic carbocycles. The maximum Gasteiger partial charge on any atom is 0.225 e. The van der Waals surface area contributed by atoms with E-state index < -0.39 is 0 Å². The molecule has 1 aliphatic rings. The summed E-state index contributed by atoms with van der Waals surface area (Å²) in [6.07, 6.45) is 2.01. The zero-order valence-electron chi connectivity index (χ0n) is 6.17. The Labute approximate surface area is 69.3 Å². The topological polar surface area (TPSA) is 52.0 Å². The van der Waals surface area contributed by atoms with E-state index in [1.165, 1.54) is 0 Å². The number of nitrogen functional groups attached to an aromatic ring is 1. The first-order chi connectivity index (χ1) is 5.38. The number of rotatable bonds is 0. The SMILES string of the molecule is Nc1onc2c1CCSCC2. The number of anilines is 1. The Morgan fingerprint density at radius 2 is 2.18 bits per heavy atom. The van der Waals surface area contributed by atoms with E-state index >= 15 is 0 Å². The van der Waals surface area contributed by atoms with Crippen molar-refractivity contribution in [1.29, 1.82) is 0 Å². The summed E-state index contributed by atoms with van der Waals surface area (Å²) < 4.78 is 4.89. The molecule has 0 amide bonds. The summed E-state index contributed by atoms with van der Waals surface area (Å²) in [5.74, 6) is 2.79. The van der Waals surface area contributed by atoms with Gasteiger partial charge in [0, 0.05) is 12.0 Å². The Bertz CT molecular complexity index is 259. The van der Waals surface area contributed by atoms with Crippen LogP contribution in [0.25, 0.3) is 0 Å². The monoisotopic (exact) mass is 170 g/mol. The lowest BCUT2D eigenvalue weighted by atomic mass is 10.1. The highest BCUT2D eigenvalue weighted by Crippen LogP contribution is 2.23. The van der Waals surface area contributed by atoms with Crippen molar-refractivity contribution in [2.75, 3.05) is 17.2 Å². The minimum Gasteiger partial charge on any atom is -0.367 e. The van der Waals surface area contributed by atoms with Crippen LogP contribution >= 0.6 is 11.8 Å². The van der Waals surface area contributed by atoms with Gasteiger partial charge in [0.05, 0.1) is 5.69 Å². The summed E-state index contributed by atoms with van der Waals surface area (Å²) >= 11 is 1.95. The van der Waals surface area contributed by atoms with Gasteiger partial charge in [0.25, 0.3) is 0 Å². The summed E-state index contributed by atoms with van der Waals surface area (Å²) in [7, 11) is 0. The van der Waals surface area contributed by atoms with Crippen LogP contribution in [0, 0.1) is 0 Å². The summed E-state index contributed by atoms with van der Waals surface area (Å²) in [6.45, 7) is 0. The maximum atomic E-state index is 5.59. The predicted octanol–water partition coefficient (Wildman–Crippen LogP) is 1.09. The molecule has 4 heteroatoms. The summed E-state index contributed by atoms with van der Waals surface area (Å²) in [5.41, 5.74) is 7.79. The van der Waals surface area contributed by atoms with Crippen LogP contribution in [0.3, 0.4) is 0 Å². The van der Waals surface area contributed by atoms with E-state index in [2.05, 4.69) is 5.16 Å². The lowest BCUT2D eigenvalue weighted by Crippen LogP contribution is -1.93. The molecule has 0 fully saturated rings. The molecule has 1 aromatic heterocycles. The molecule has 1 aliphatic heterocycles. The van der Waals surface area contributed by atoms with E-state index in [1.54, 1.807) is 0 Å². The van der Waals surface area contributed by atoms with Gasteiger partial charge in [-0.3, -0.25) is 0 Å². The predicted molar refractivity (Wildman–Crippen MR) is 45.6 cm³/mol. The molecule has 2 rings (SSSR count). The van der Waals surface area contributed by atoms with Crippen LogP contribution in [0.1, 0.15) is 11.3 Å². The van der Waals surface area contributed by atoms with Crippen molar-refractivity contribution in [3.05, 3.63) is 11.3 Å². The number of hydrogen-bond acceptors (Lipinski definition) is 4. The van der Waals surface area contributed by atoms with Crippen molar-refractivity contribution < 1.29 is 4.52 Å². The van der Waals surface area contributed by atoms with Crippen LogP contribution in [0.15, 0.2) is 4.52 Å². The Morgan fingerprint density at radius 3 is 3.09 bits per heavy atom. The normalized spacial score (nSPS) is 17.5. The molecule has 0 aliphatic carbocycles. The number of nitrogens with zero attached hydrogens (tertiary/aromatic N) is 1. The highest BCUT2D eigenvalue weighted by atomic mass is 32.2. The molecule has 0 bridgehead atoms. The van der Waals surface area contributed by atoms with Crippen LogP contribution in [0.5, 0.6) is 0 Å². The van der Waals surface area contributed by atoms with Crippen molar-refractivity contribution in [2.45, 2.75) is 12.8 Å². The second kappa shape index (κ2) is 2.77. The van der Waals surface area contributed by atoms with Gasteiger partial charge in [0.15, 0.2) is 0 Å². The minimum absolute atomic E-state index is 0.516. The van der Waals surface area contributed by atoms with E-state index in [9.17, 15) is 0 Å². The van der Waals surface area contributed by atoms with Crippen LogP contribution < -0.4 is 5.73 Å². The third-order valence-corrected chi connectivity index (χ3v) is 2.87. The molecule has 0 saturated carbocycles. The standard InChI is InChI=1S/C7H10N2OS/c8-7-5-1-3-11-4-2-6(5)9-10-7/h1-4,8H2. The van der Waals surface area contributed by atoms with Crippen LogP contribution in [0.2, 0.25) is 0 Å². The lowest BCUT2D eigenvalue weighted by Gasteiger charge is -1.92. The number of aromatic nitrogens is 1. The largest absolute Gasteiger partial charge is 0.367 e. The fourth-order valence-electron chi connectivity index (χ4n) is 1.27. The number of fused-ring (bicyclic) bond motifs is 1. The van der Waals surface area contributed by atoms with Crippen LogP contribution in [0.4, 0.5) is 5.88 Å².